The molecule has 0 saturated carbocycles. The second kappa shape index (κ2) is 3.02. The summed E-state index contributed by atoms with van der Waals surface area (Å²) in [5.41, 5.74) is 6.28. The zero-order valence-corrected chi connectivity index (χ0v) is 7.60. The van der Waals surface area contributed by atoms with Gasteiger partial charge in [-0.15, -0.1) is 5.10 Å². The fourth-order valence-electron chi connectivity index (χ4n) is 1.32. The van der Waals surface area contributed by atoms with Gasteiger partial charge in [-0.2, -0.15) is 4.68 Å². The second-order valence-corrected chi connectivity index (χ2v) is 2.78. The zero-order chi connectivity index (χ0) is 10.1. The maximum Gasteiger partial charge on any atom is 0.435 e. The van der Waals surface area contributed by atoms with Crippen LogP contribution in [0.3, 0.4) is 0 Å². The minimum atomic E-state index is -0.544. The van der Waals surface area contributed by atoms with Crippen molar-refractivity contribution in [2.75, 3.05) is 12.8 Å². The fourth-order valence-corrected chi connectivity index (χ4v) is 1.32. The molecule has 2 aromatic rings. The van der Waals surface area contributed by atoms with E-state index in [2.05, 4.69) is 9.84 Å². The van der Waals surface area contributed by atoms with Crippen LogP contribution in [0.2, 0.25) is 0 Å². The van der Waals surface area contributed by atoms with Gasteiger partial charge in [0, 0.05) is 5.39 Å². The van der Waals surface area contributed by atoms with Gasteiger partial charge in [-0.3, -0.25) is 0 Å². The average Bonchev–Trinajstić information content (AvgIpc) is 2.56. The summed E-state index contributed by atoms with van der Waals surface area (Å²) in [5.74, 6) is 0.325. The van der Waals surface area contributed by atoms with Crippen molar-refractivity contribution in [3.05, 3.63) is 24.3 Å². The first kappa shape index (κ1) is 8.55. The van der Waals surface area contributed by atoms with E-state index in [1.54, 1.807) is 12.1 Å². The molecule has 0 aliphatic rings. The number of benzene rings is 1. The second-order valence-electron chi connectivity index (χ2n) is 2.78. The molecule has 2 rings (SSSR count). The van der Waals surface area contributed by atoms with Gasteiger partial charge in [0.1, 0.15) is 0 Å². The minimum absolute atomic E-state index is 0.325. The molecule has 0 radical (unpaired) electrons. The van der Waals surface area contributed by atoms with Crippen molar-refractivity contribution in [3.8, 4) is 0 Å². The van der Waals surface area contributed by atoms with E-state index in [1.807, 2.05) is 12.1 Å². The third kappa shape index (κ3) is 1.10. The van der Waals surface area contributed by atoms with Crippen molar-refractivity contribution >= 4 is 22.8 Å². The monoisotopic (exact) mass is 191 g/mol. The number of methoxy groups -OCH3 is 1. The number of hydrogen-bond donors (Lipinski definition) is 1. The van der Waals surface area contributed by atoms with Crippen LogP contribution in [0.25, 0.3) is 10.9 Å². The lowest BCUT2D eigenvalue weighted by Crippen LogP contribution is -2.12. The average molecular weight is 191 g/mol. The zero-order valence-electron chi connectivity index (χ0n) is 7.60. The van der Waals surface area contributed by atoms with E-state index in [1.165, 1.54) is 7.11 Å². The van der Waals surface area contributed by atoms with E-state index in [9.17, 15) is 4.79 Å². The van der Waals surface area contributed by atoms with Crippen LogP contribution < -0.4 is 5.73 Å². The van der Waals surface area contributed by atoms with Crippen molar-refractivity contribution < 1.29 is 9.53 Å². The van der Waals surface area contributed by atoms with E-state index in [-0.39, 0.29) is 0 Å². The van der Waals surface area contributed by atoms with Gasteiger partial charge in [0.2, 0.25) is 0 Å². The largest absolute Gasteiger partial charge is 0.451 e. The molecule has 0 spiro atoms. The molecule has 1 aromatic heterocycles. The van der Waals surface area contributed by atoms with Gasteiger partial charge in [0.05, 0.1) is 12.6 Å². The lowest BCUT2D eigenvalue weighted by atomic mass is 10.2. The summed E-state index contributed by atoms with van der Waals surface area (Å²) in [5, 5.41) is 4.63. The van der Waals surface area contributed by atoms with E-state index < -0.39 is 6.09 Å². The SMILES string of the molecule is COC(=O)n1nc(N)c2ccccc21. The van der Waals surface area contributed by atoms with Gasteiger partial charge in [-0.1, -0.05) is 12.1 Å². The summed E-state index contributed by atoms with van der Waals surface area (Å²) in [7, 11) is 1.30. The highest BCUT2D eigenvalue weighted by Crippen LogP contribution is 2.19. The van der Waals surface area contributed by atoms with Gasteiger partial charge in [-0.05, 0) is 12.1 Å². The van der Waals surface area contributed by atoms with E-state index in [4.69, 9.17) is 5.73 Å². The van der Waals surface area contributed by atoms with Crippen LogP contribution in [0, 0.1) is 0 Å². The predicted molar refractivity (Wildman–Crippen MR) is 51.9 cm³/mol. The maximum atomic E-state index is 11.3. The molecule has 0 atom stereocenters. The van der Waals surface area contributed by atoms with Gasteiger partial charge < -0.3 is 10.5 Å². The van der Waals surface area contributed by atoms with Gasteiger partial charge in [0.25, 0.3) is 0 Å². The Kier molecular flexibility index (Phi) is 1.85. The Labute approximate surface area is 80.1 Å². The number of nitrogen functional groups attached to an aromatic ring is 1. The molecule has 1 aromatic carbocycles. The van der Waals surface area contributed by atoms with Crippen molar-refractivity contribution in [2.24, 2.45) is 0 Å². The highest BCUT2D eigenvalue weighted by atomic mass is 16.5. The smallest absolute Gasteiger partial charge is 0.435 e. The number of aromatic nitrogens is 2. The number of carbonyl (C=O) groups is 1. The van der Waals surface area contributed by atoms with Crippen LogP contribution in [-0.2, 0) is 4.74 Å². The molecule has 5 nitrogen and oxygen atoms in total. The summed E-state index contributed by atoms with van der Waals surface area (Å²) in [4.78, 5) is 11.3. The summed E-state index contributed by atoms with van der Waals surface area (Å²) < 4.78 is 5.71. The van der Waals surface area contributed by atoms with Crippen LogP contribution in [0.1, 0.15) is 0 Å². The van der Waals surface area contributed by atoms with Crippen LogP contribution in [0.5, 0.6) is 0 Å². The first-order valence-corrected chi connectivity index (χ1v) is 4.05. The molecule has 0 unspecified atom stereocenters. The standard InChI is InChI=1S/C9H9N3O2/c1-14-9(13)12-7-5-3-2-4-6(7)8(10)11-12/h2-5H,1H3,(H2,10,11). The molecule has 0 bridgehead atoms. The Hall–Kier alpha value is -2.04. The summed E-state index contributed by atoms with van der Waals surface area (Å²) >= 11 is 0. The number of anilines is 1. The molecule has 0 amide bonds. The molecule has 72 valence electrons. The lowest BCUT2D eigenvalue weighted by Gasteiger charge is -1.98. The minimum Gasteiger partial charge on any atom is -0.451 e. The van der Waals surface area contributed by atoms with Crippen molar-refractivity contribution in [1.29, 1.82) is 0 Å². The Bertz CT molecular complexity index is 490. The summed E-state index contributed by atoms with van der Waals surface area (Å²) in [6, 6.07) is 7.21. The van der Waals surface area contributed by atoms with Crippen molar-refractivity contribution in [3.63, 3.8) is 0 Å². The van der Waals surface area contributed by atoms with E-state index in [0.29, 0.717) is 11.3 Å². The van der Waals surface area contributed by atoms with Crippen LogP contribution in [-0.4, -0.2) is 23.0 Å². The molecule has 0 fully saturated rings. The van der Waals surface area contributed by atoms with E-state index >= 15 is 0 Å². The maximum absolute atomic E-state index is 11.3. The molecule has 5 heteroatoms. The highest BCUT2D eigenvalue weighted by Gasteiger charge is 2.12. The van der Waals surface area contributed by atoms with Crippen molar-refractivity contribution in [1.82, 2.24) is 9.78 Å². The molecule has 14 heavy (non-hydrogen) atoms. The third-order valence-electron chi connectivity index (χ3n) is 1.96. The third-order valence-corrected chi connectivity index (χ3v) is 1.96. The Morgan fingerprint density at radius 1 is 1.50 bits per heavy atom. The number of ether oxygens (including phenoxy) is 1. The predicted octanol–water partition coefficient (Wildman–Crippen LogP) is 1.23. The molecule has 0 saturated heterocycles. The Morgan fingerprint density at radius 2 is 2.21 bits per heavy atom. The normalized spacial score (nSPS) is 10.4. The Balaban J connectivity index is 2.72. The number of hydrogen-bond acceptors (Lipinski definition) is 4. The first-order chi connectivity index (χ1) is 6.74. The topological polar surface area (TPSA) is 70.1 Å². The number of nitrogens with two attached hydrogens (primary N) is 1. The molecule has 0 aliphatic heterocycles. The van der Waals surface area contributed by atoms with E-state index in [0.717, 1.165) is 10.1 Å². The summed E-state index contributed by atoms with van der Waals surface area (Å²) in [6.45, 7) is 0. The molecule has 1 heterocycles. The summed E-state index contributed by atoms with van der Waals surface area (Å²) in [6.07, 6.45) is -0.544. The van der Waals surface area contributed by atoms with Gasteiger partial charge in [0.15, 0.2) is 5.82 Å². The number of rotatable bonds is 0. The number of fused-ring (bicyclic) bond motifs is 1. The molecule has 0 aliphatic carbocycles. The van der Waals surface area contributed by atoms with Gasteiger partial charge >= 0.3 is 6.09 Å². The first-order valence-electron chi connectivity index (χ1n) is 4.05. The fraction of sp³-hybridized carbons (Fsp3) is 0.111. The lowest BCUT2D eigenvalue weighted by molar-refractivity contribution is 0.170. The number of carbonyl (C=O) groups excluding carboxylic acids is 1. The molecular formula is C9H9N3O2. The Morgan fingerprint density at radius 3 is 2.93 bits per heavy atom. The van der Waals surface area contributed by atoms with Crippen LogP contribution in [0.15, 0.2) is 24.3 Å². The highest BCUT2D eigenvalue weighted by molar-refractivity contribution is 5.94. The van der Waals surface area contributed by atoms with Crippen LogP contribution in [0.4, 0.5) is 10.6 Å². The molecule has 2 N–H and O–H groups in total. The van der Waals surface area contributed by atoms with Gasteiger partial charge in [-0.25, -0.2) is 4.79 Å². The number of para-hydroxylation sites is 1. The number of nitrogens with zero attached hydrogens (tertiary/aromatic N) is 2. The van der Waals surface area contributed by atoms with Crippen molar-refractivity contribution in [2.45, 2.75) is 0 Å². The van der Waals surface area contributed by atoms with Crippen LogP contribution >= 0.6 is 0 Å². The quantitative estimate of drug-likeness (QED) is 0.679. The molecular weight excluding hydrogens is 182 g/mol.